The van der Waals surface area contributed by atoms with E-state index in [1.54, 1.807) is 24.3 Å². The fourth-order valence-electron chi connectivity index (χ4n) is 3.28. The molecule has 1 aromatic heterocycles. The van der Waals surface area contributed by atoms with E-state index >= 15 is 0 Å². The number of rotatable bonds is 4. The van der Waals surface area contributed by atoms with Gasteiger partial charge in [0, 0.05) is 19.1 Å². The largest absolute Gasteiger partial charge is 0.449 e. The van der Waals surface area contributed by atoms with Crippen LogP contribution in [0.25, 0.3) is 11.0 Å². The van der Waals surface area contributed by atoms with Crippen LogP contribution in [0.5, 0.6) is 0 Å². The first-order chi connectivity index (χ1) is 11.9. The lowest BCUT2D eigenvalue weighted by Crippen LogP contribution is -2.43. The summed E-state index contributed by atoms with van der Waals surface area (Å²) in [5.41, 5.74) is 0.700. The standard InChI is InChI=1S/C17H21F3N4O/c18-17(19,20)15-23-13-8-4-5-9-14(13)24(15)11-10-21-16(25)22-12-6-2-1-3-7-12/h4-5,8-9,12H,1-3,6-7,10-11H2,(H2,21,22,25). The van der Waals surface area contributed by atoms with Crippen LogP contribution in [-0.4, -0.2) is 28.2 Å². The summed E-state index contributed by atoms with van der Waals surface area (Å²) in [4.78, 5) is 15.6. The molecule has 2 amide bonds. The lowest BCUT2D eigenvalue weighted by molar-refractivity contribution is -0.146. The molecular weight excluding hydrogens is 333 g/mol. The van der Waals surface area contributed by atoms with Gasteiger partial charge in [0.1, 0.15) is 0 Å². The van der Waals surface area contributed by atoms with Crippen molar-refractivity contribution in [1.82, 2.24) is 20.2 Å². The molecule has 0 atom stereocenters. The number of benzene rings is 1. The lowest BCUT2D eigenvalue weighted by atomic mass is 9.96. The van der Waals surface area contributed by atoms with Crippen molar-refractivity contribution < 1.29 is 18.0 Å². The van der Waals surface area contributed by atoms with Crippen molar-refractivity contribution in [3.05, 3.63) is 30.1 Å². The molecule has 1 heterocycles. The second-order valence-electron chi connectivity index (χ2n) is 6.31. The van der Waals surface area contributed by atoms with E-state index in [0.29, 0.717) is 11.0 Å². The first-order valence-corrected chi connectivity index (χ1v) is 8.52. The highest BCUT2D eigenvalue weighted by atomic mass is 19.4. The molecular formula is C17H21F3N4O. The third kappa shape index (κ3) is 4.24. The molecule has 1 fully saturated rings. The maximum Gasteiger partial charge on any atom is 0.449 e. The van der Waals surface area contributed by atoms with Crippen molar-refractivity contribution >= 4 is 17.1 Å². The Hall–Kier alpha value is -2.25. The summed E-state index contributed by atoms with van der Waals surface area (Å²) in [7, 11) is 0. The fraction of sp³-hybridized carbons (Fsp3) is 0.529. The molecule has 25 heavy (non-hydrogen) atoms. The number of urea groups is 1. The third-order valence-electron chi connectivity index (χ3n) is 4.47. The zero-order valence-corrected chi connectivity index (χ0v) is 13.8. The molecule has 3 rings (SSSR count). The van der Waals surface area contributed by atoms with Crippen LogP contribution in [0, 0.1) is 0 Å². The Morgan fingerprint density at radius 1 is 1.20 bits per heavy atom. The summed E-state index contributed by atoms with van der Waals surface area (Å²) in [5.74, 6) is -0.941. The van der Waals surface area contributed by atoms with Crippen LogP contribution in [0.1, 0.15) is 37.9 Å². The summed E-state index contributed by atoms with van der Waals surface area (Å²) in [5, 5.41) is 5.53. The van der Waals surface area contributed by atoms with E-state index in [0.717, 1.165) is 30.3 Å². The van der Waals surface area contributed by atoms with Gasteiger partial charge in [0.05, 0.1) is 11.0 Å². The average Bonchev–Trinajstić information content (AvgIpc) is 2.95. The number of carbonyl (C=O) groups excluding carboxylic acids is 1. The van der Waals surface area contributed by atoms with Gasteiger partial charge in [0.15, 0.2) is 0 Å². The molecule has 0 spiro atoms. The summed E-state index contributed by atoms with van der Waals surface area (Å²) < 4.78 is 40.7. The number of imidazole rings is 1. The number of fused-ring (bicyclic) bond motifs is 1. The molecule has 5 nitrogen and oxygen atoms in total. The molecule has 0 unspecified atom stereocenters. The van der Waals surface area contributed by atoms with Gasteiger partial charge < -0.3 is 15.2 Å². The molecule has 136 valence electrons. The predicted octanol–water partition coefficient (Wildman–Crippen LogP) is 3.69. The zero-order valence-electron chi connectivity index (χ0n) is 13.8. The number of nitrogens with zero attached hydrogens (tertiary/aromatic N) is 2. The Morgan fingerprint density at radius 2 is 1.92 bits per heavy atom. The summed E-state index contributed by atoms with van der Waals surface area (Å²) in [6.07, 6.45) is 0.758. The van der Waals surface area contributed by atoms with E-state index in [9.17, 15) is 18.0 Å². The number of hydrogen-bond acceptors (Lipinski definition) is 2. The van der Waals surface area contributed by atoms with Gasteiger partial charge in [0.2, 0.25) is 5.82 Å². The van der Waals surface area contributed by atoms with Crippen molar-refractivity contribution in [2.24, 2.45) is 0 Å². The molecule has 0 bridgehead atoms. The van der Waals surface area contributed by atoms with Crippen LogP contribution in [0.2, 0.25) is 0 Å². The SMILES string of the molecule is O=C(NCCn1c(C(F)(F)F)nc2ccccc21)NC1CCCCC1. The molecule has 2 N–H and O–H groups in total. The third-order valence-corrected chi connectivity index (χ3v) is 4.47. The van der Waals surface area contributed by atoms with Crippen molar-refractivity contribution in [2.75, 3.05) is 6.54 Å². The Bertz CT molecular complexity index is 735. The molecule has 1 aliphatic carbocycles. The van der Waals surface area contributed by atoms with E-state index in [1.807, 2.05) is 0 Å². The van der Waals surface area contributed by atoms with Crippen LogP contribution in [0.4, 0.5) is 18.0 Å². The van der Waals surface area contributed by atoms with E-state index in [-0.39, 0.29) is 25.2 Å². The maximum absolute atomic E-state index is 13.2. The minimum Gasteiger partial charge on any atom is -0.336 e. The molecule has 0 saturated heterocycles. The minimum absolute atomic E-state index is 0.00738. The Labute approximate surface area is 143 Å². The number of carbonyl (C=O) groups is 1. The monoisotopic (exact) mass is 354 g/mol. The second-order valence-corrected chi connectivity index (χ2v) is 6.31. The van der Waals surface area contributed by atoms with Crippen molar-refractivity contribution in [1.29, 1.82) is 0 Å². The molecule has 1 saturated carbocycles. The van der Waals surface area contributed by atoms with Gasteiger partial charge in [-0.25, -0.2) is 9.78 Å². The molecule has 8 heteroatoms. The maximum atomic E-state index is 13.2. The van der Waals surface area contributed by atoms with Crippen LogP contribution >= 0.6 is 0 Å². The molecule has 0 radical (unpaired) electrons. The van der Waals surface area contributed by atoms with Crippen molar-refractivity contribution in [2.45, 2.75) is 50.9 Å². The number of aromatic nitrogens is 2. The highest BCUT2D eigenvalue weighted by Gasteiger charge is 2.37. The highest BCUT2D eigenvalue weighted by molar-refractivity contribution is 5.76. The number of para-hydroxylation sites is 2. The Kier molecular flexibility index (Phi) is 5.15. The number of nitrogens with one attached hydrogen (secondary N) is 2. The van der Waals surface area contributed by atoms with Crippen LogP contribution < -0.4 is 10.6 Å². The number of hydrogen-bond donors (Lipinski definition) is 2. The van der Waals surface area contributed by atoms with Crippen LogP contribution in [-0.2, 0) is 12.7 Å². The van der Waals surface area contributed by atoms with Crippen LogP contribution in [0.3, 0.4) is 0 Å². The van der Waals surface area contributed by atoms with E-state index in [4.69, 9.17) is 0 Å². The normalized spacial score (nSPS) is 16.1. The molecule has 2 aromatic rings. The predicted molar refractivity (Wildman–Crippen MR) is 88.1 cm³/mol. The van der Waals surface area contributed by atoms with Gasteiger partial charge in [0.25, 0.3) is 0 Å². The molecule has 1 aliphatic rings. The number of halogens is 3. The number of amides is 2. The van der Waals surface area contributed by atoms with Gasteiger partial charge in [-0.15, -0.1) is 0 Å². The van der Waals surface area contributed by atoms with Gasteiger partial charge in [-0.2, -0.15) is 13.2 Å². The summed E-state index contributed by atoms with van der Waals surface area (Å²) in [6, 6.07) is 6.29. The minimum atomic E-state index is -4.54. The van der Waals surface area contributed by atoms with E-state index < -0.39 is 12.0 Å². The summed E-state index contributed by atoms with van der Waals surface area (Å²) >= 11 is 0. The van der Waals surface area contributed by atoms with Crippen LogP contribution in [0.15, 0.2) is 24.3 Å². The summed E-state index contributed by atoms with van der Waals surface area (Å²) in [6.45, 7) is 0.107. The first kappa shape index (κ1) is 17.6. The quantitative estimate of drug-likeness (QED) is 0.880. The van der Waals surface area contributed by atoms with Gasteiger partial charge >= 0.3 is 12.2 Å². The Balaban J connectivity index is 1.63. The topological polar surface area (TPSA) is 59.0 Å². The smallest absolute Gasteiger partial charge is 0.336 e. The number of alkyl halides is 3. The van der Waals surface area contributed by atoms with E-state index in [2.05, 4.69) is 15.6 Å². The average molecular weight is 354 g/mol. The highest BCUT2D eigenvalue weighted by Crippen LogP contribution is 2.31. The van der Waals surface area contributed by atoms with E-state index in [1.165, 1.54) is 6.42 Å². The van der Waals surface area contributed by atoms with Gasteiger partial charge in [-0.1, -0.05) is 31.4 Å². The van der Waals surface area contributed by atoms with Gasteiger partial charge in [-0.3, -0.25) is 0 Å². The van der Waals surface area contributed by atoms with Crippen molar-refractivity contribution in [3.8, 4) is 0 Å². The Morgan fingerprint density at radius 3 is 2.64 bits per heavy atom. The van der Waals surface area contributed by atoms with Gasteiger partial charge in [-0.05, 0) is 25.0 Å². The zero-order chi connectivity index (χ0) is 17.9. The molecule has 0 aliphatic heterocycles. The van der Waals surface area contributed by atoms with Crippen molar-refractivity contribution in [3.63, 3.8) is 0 Å². The molecule has 1 aromatic carbocycles. The first-order valence-electron chi connectivity index (χ1n) is 8.52. The lowest BCUT2D eigenvalue weighted by Gasteiger charge is -2.23. The fourth-order valence-corrected chi connectivity index (χ4v) is 3.28. The second kappa shape index (κ2) is 7.33.